The van der Waals surface area contributed by atoms with Crippen LogP contribution in [0, 0.1) is 0 Å². The van der Waals surface area contributed by atoms with E-state index in [4.69, 9.17) is 4.74 Å². The molecular weight excluding hydrogens is 256 g/mol. The molecule has 1 heterocycles. The maximum absolute atomic E-state index is 10.0. The molecule has 20 heavy (non-hydrogen) atoms. The van der Waals surface area contributed by atoms with Gasteiger partial charge in [0.05, 0.1) is 13.7 Å². The lowest BCUT2D eigenvalue weighted by molar-refractivity contribution is 0.178. The van der Waals surface area contributed by atoms with E-state index in [1.807, 2.05) is 12.1 Å². The zero-order valence-corrected chi connectivity index (χ0v) is 12.0. The molecule has 0 spiro atoms. The van der Waals surface area contributed by atoms with Crippen LogP contribution in [-0.4, -0.2) is 54.5 Å². The number of aliphatic hydroxyl groups excluding tert-OH is 1. The van der Waals surface area contributed by atoms with Crippen molar-refractivity contribution in [3.8, 4) is 11.5 Å². The number of phenolic OH excluding ortho intramolecular Hbond substituents is 1. The zero-order valence-electron chi connectivity index (χ0n) is 12.0. The van der Waals surface area contributed by atoms with Gasteiger partial charge in [0.2, 0.25) is 0 Å². The lowest BCUT2D eigenvalue weighted by Gasteiger charge is -2.25. The molecule has 1 unspecified atom stereocenters. The van der Waals surface area contributed by atoms with Crippen LogP contribution in [0.1, 0.15) is 18.4 Å². The summed E-state index contributed by atoms with van der Waals surface area (Å²) in [7, 11) is 1.58. The van der Waals surface area contributed by atoms with Gasteiger partial charge < -0.3 is 20.3 Å². The maximum atomic E-state index is 10.0. The number of aliphatic hydroxyl groups is 1. The molecule has 0 aliphatic carbocycles. The van der Waals surface area contributed by atoms with Crippen molar-refractivity contribution in [2.24, 2.45) is 0 Å². The van der Waals surface area contributed by atoms with Gasteiger partial charge in [-0.1, -0.05) is 6.07 Å². The monoisotopic (exact) mass is 280 g/mol. The van der Waals surface area contributed by atoms with Crippen LogP contribution in [0.5, 0.6) is 11.5 Å². The van der Waals surface area contributed by atoms with Crippen LogP contribution in [0.3, 0.4) is 0 Å². The van der Waals surface area contributed by atoms with Crippen LogP contribution in [0.15, 0.2) is 18.2 Å². The van der Waals surface area contributed by atoms with E-state index >= 15 is 0 Å². The highest BCUT2D eigenvalue weighted by atomic mass is 16.5. The van der Waals surface area contributed by atoms with Gasteiger partial charge in [0, 0.05) is 37.3 Å². The lowest BCUT2D eigenvalue weighted by atomic mass is 10.1. The molecule has 1 aromatic rings. The predicted molar refractivity (Wildman–Crippen MR) is 78.0 cm³/mol. The summed E-state index contributed by atoms with van der Waals surface area (Å²) in [6.07, 6.45) is 2.39. The summed E-state index contributed by atoms with van der Waals surface area (Å²) in [5.41, 5.74) is 0.859. The SMILES string of the molecule is COc1ccc(CN(CCO)CC2CCCN2)c(O)c1. The van der Waals surface area contributed by atoms with E-state index in [9.17, 15) is 10.2 Å². The molecule has 0 amide bonds. The Morgan fingerprint density at radius 1 is 1.45 bits per heavy atom. The fourth-order valence-electron chi connectivity index (χ4n) is 2.65. The van der Waals surface area contributed by atoms with Crippen LogP contribution >= 0.6 is 0 Å². The highest BCUT2D eigenvalue weighted by Gasteiger charge is 2.18. The average Bonchev–Trinajstić information content (AvgIpc) is 2.94. The minimum absolute atomic E-state index is 0.129. The van der Waals surface area contributed by atoms with Gasteiger partial charge >= 0.3 is 0 Å². The lowest BCUT2D eigenvalue weighted by Crippen LogP contribution is -2.38. The van der Waals surface area contributed by atoms with Gasteiger partial charge in [0.1, 0.15) is 11.5 Å². The number of hydrogen-bond donors (Lipinski definition) is 3. The van der Waals surface area contributed by atoms with Crippen molar-refractivity contribution in [2.75, 3.05) is 33.4 Å². The summed E-state index contributed by atoms with van der Waals surface area (Å²) in [5, 5.41) is 22.7. The zero-order chi connectivity index (χ0) is 14.4. The minimum atomic E-state index is 0.129. The van der Waals surface area contributed by atoms with E-state index in [-0.39, 0.29) is 12.4 Å². The van der Waals surface area contributed by atoms with Crippen molar-refractivity contribution >= 4 is 0 Å². The van der Waals surface area contributed by atoms with Crippen molar-refractivity contribution < 1.29 is 14.9 Å². The second-order valence-corrected chi connectivity index (χ2v) is 5.25. The molecule has 5 heteroatoms. The first-order valence-corrected chi connectivity index (χ1v) is 7.15. The number of hydrogen-bond acceptors (Lipinski definition) is 5. The second kappa shape index (κ2) is 7.47. The Bertz CT molecular complexity index is 420. The molecule has 3 N–H and O–H groups in total. The summed E-state index contributed by atoms with van der Waals surface area (Å²) in [4.78, 5) is 2.17. The summed E-state index contributed by atoms with van der Waals surface area (Å²) in [5.74, 6) is 0.893. The number of benzene rings is 1. The number of nitrogens with one attached hydrogen (secondary N) is 1. The van der Waals surface area contributed by atoms with Crippen molar-refractivity contribution in [1.82, 2.24) is 10.2 Å². The van der Waals surface area contributed by atoms with Crippen LogP contribution < -0.4 is 10.1 Å². The van der Waals surface area contributed by atoms with Gasteiger partial charge in [0.15, 0.2) is 0 Å². The van der Waals surface area contributed by atoms with Crippen molar-refractivity contribution in [3.63, 3.8) is 0 Å². The number of phenols is 1. The third kappa shape index (κ3) is 4.10. The van der Waals surface area contributed by atoms with E-state index in [1.165, 1.54) is 12.8 Å². The molecule has 0 radical (unpaired) electrons. The molecule has 1 saturated heterocycles. The topological polar surface area (TPSA) is 65.0 Å². The molecule has 0 bridgehead atoms. The standard InChI is InChI=1S/C15H24N2O3/c1-20-14-5-4-12(15(19)9-14)10-17(7-8-18)11-13-3-2-6-16-13/h4-5,9,13,16,18-19H,2-3,6-8,10-11H2,1H3. The molecule has 1 aliphatic heterocycles. The Morgan fingerprint density at radius 2 is 2.30 bits per heavy atom. The van der Waals surface area contributed by atoms with Gasteiger partial charge in [-0.15, -0.1) is 0 Å². The molecule has 2 rings (SSSR count). The normalized spacial score (nSPS) is 18.6. The Kier molecular flexibility index (Phi) is 5.64. The number of nitrogens with zero attached hydrogens (tertiary/aromatic N) is 1. The molecule has 1 atom stereocenters. The van der Waals surface area contributed by atoms with Crippen molar-refractivity contribution in [2.45, 2.75) is 25.4 Å². The first kappa shape index (κ1) is 15.1. The first-order chi connectivity index (χ1) is 9.72. The molecule has 5 nitrogen and oxygen atoms in total. The van der Waals surface area contributed by atoms with Gasteiger partial charge in [0.25, 0.3) is 0 Å². The van der Waals surface area contributed by atoms with Gasteiger partial charge in [-0.05, 0) is 25.5 Å². The van der Waals surface area contributed by atoms with E-state index in [0.29, 0.717) is 24.9 Å². The van der Waals surface area contributed by atoms with Crippen molar-refractivity contribution in [3.05, 3.63) is 23.8 Å². The van der Waals surface area contributed by atoms with Crippen LogP contribution in [-0.2, 0) is 6.54 Å². The maximum Gasteiger partial charge on any atom is 0.123 e. The van der Waals surface area contributed by atoms with E-state index in [1.54, 1.807) is 13.2 Å². The Labute approximate surface area is 120 Å². The molecule has 112 valence electrons. The molecule has 1 fully saturated rings. The molecule has 0 saturated carbocycles. The van der Waals surface area contributed by atoms with Gasteiger partial charge in [-0.25, -0.2) is 0 Å². The largest absolute Gasteiger partial charge is 0.507 e. The minimum Gasteiger partial charge on any atom is -0.507 e. The summed E-state index contributed by atoms with van der Waals surface area (Å²) in [6.45, 7) is 3.35. The van der Waals surface area contributed by atoms with Crippen LogP contribution in [0.4, 0.5) is 0 Å². The average molecular weight is 280 g/mol. The van der Waals surface area contributed by atoms with Crippen molar-refractivity contribution in [1.29, 1.82) is 0 Å². The van der Waals surface area contributed by atoms with E-state index in [2.05, 4.69) is 10.2 Å². The highest BCUT2D eigenvalue weighted by Crippen LogP contribution is 2.24. The Morgan fingerprint density at radius 3 is 2.90 bits per heavy atom. The number of aromatic hydroxyl groups is 1. The van der Waals surface area contributed by atoms with Crippen LogP contribution in [0.25, 0.3) is 0 Å². The molecule has 1 aliphatic rings. The van der Waals surface area contributed by atoms with Gasteiger partial charge in [-0.2, -0.15) is 0 Å². The third-order valence-electron chi connectivity index (χ3n) is 3.74. The number of methoxy groups -OCH3 is 1. The first-order valence-electron chi connectivity index (χ1n) is 7.15. The van der Waals surface area contributed by atoms with Crippen LogP contribution in [0.2, 0.25) is 0 Å². The summed E-state index contributed by atoms with van der Waals surface area (Å²) < 4.78 is 5.09. The third-order valence-corrected chi connectivity index (χ3v) is 3.74. The highest BCUT2D eigenvalue weighted by molar-refractivity contribution is 5.39. The van der Waals surface area contributed by atoms with E-state index < -0.39 is 0 Å². The summed E-state index contributed by atoms with van der Waals surface area (Å²) >= 11 is 0. The predicted octanol–water partition coefficient (Wildman–Crippen LogP) is 0.947. The Hall–Kier alpha value is -1.30. The summed E-state index contributed by atoms with van der Waals surface area (Å²) in [6, 6.07) is 5.84. The second-order valence-electron chi connectivity index (χ2n) is 5.25. The number of rotatable bonds is 7. The smallest absolute Gasteiger partial charge is 0.123 e. The number of ether oxygens (including phenoxy) is 1. The van der Waals surface area contributed by atoms with Gasteiger partial charge in [-0.3, -0.25) is 4.90 Å². The fourth-order valence-corrected chi connectivity index (χ4v) is 2.65. The quantitative estimate of drug-likeness (QED) is 0.694. The van der Waals surface area contributed by atoms with E-state index in [0.717, 1.165) is 18.7 Å². The molecule has 1 aromatic carbocycles. The fraction of sp³-hybridized carbons (Fsp3) is 0.600. The molecular formula is C15H24N2O3. The Balaban J connectivity index is 1.99. The molecule has 0 aromatic heterocycles.